The van der Waals surface area contributed by atoms with E-state index in [9.17, 15) is 18.0 Å². The minimum absolute atomic E-state index is 0.183. The summed E-state index contributed by atoms with van der Waals surface area (Å²) in [6.45, 7) is 6.31. The molecule has 0 aliphatic rings. The number of hydrogen-bond acceptors (Lipinski definition) is 5. The van der Waals surface area contributed by atoms with Gasteiger partial charge in [0.05, 0.1) is 18.6 Å². The number of ether oxygens (including phenoxy) is 1. The highest BCUT2D eigenvalue weighted by molar-refractivity contribution is 7.92. The van der Waals surface area contributed by atoms with Gasteiger partial charge >= 0.3 is 0 Å². The van der Waals surface area contributed by atoms with Crippen LogP contribution in [0.4, 0.5) is 5.69 Å². The van der Waals surface area contributed by atoms with Gasteiger partial charge in [0.25, 0.3) is 0 Å². The molecule has 0 unspecified atom stereocenters. The lowest BCUT2D eigenvalue weighted by atomic mass is 10.1. The van der Waals surface area contributed by atoms with Crippen molar-refractivity contribution < 1.29 is 22.7 Å². The van der Waals surface area contributed by atoms with Crippen LogP contribution in [0.2, 0.25) is 0 Å². The van der Waals surface area contributed by atoms with Gasteiger partial charge in [-0.15, -0.1) is 0 Å². The molecule has 0 aromatic heterocycles. The lowest BCUT2D eigenvalue weighted by Crippen LogP contribution is -2.51. The van der Waals surface area contributed by atoms with Crippen molar-refractivity contribution in [3.05, 3.63) is 60.2 Å². The molecule has 2 aromatic rings. The average Bonchev–Trinajstić information content (AvgIpc) is 2.81. The number of amides is 2. The van der Waals surface area contributed by atoms with Gasteiger partial charge in [0.2, 0.25) is 21.8 Å². The van der Waals surface area contributed by atoms with Crippen LogP contribution in [0, 0.1) is 0 Å². The monoisotopic (exact) mass is 489 g/mol. The number of benzene rings is 2. The van der Waals surface area contributed by atoms with Crippen LogP contribution in [0.25, 0.3) is 0 Å². The number of unbranched alkanes of at least 4 members (excludes halogenated alkanes) is 1. The highest BCUT2D eigenvalue weighted by atomic mass is 32.2. The van der Waals surface area contributed by atoms with Gasteiger partial charge in [-0.2, -0.15) is 0 Å². The molecule has 2 amide bonds. The fourth-order valence-corrected chi connectivity index (χ4v) is 4.24. The first-order chi connectivity index (χ1) is 16.2. The van der Waals surface area contributed by atoms with Gasteiger partial charge in [0, 0.05) is 13.1 Å². The van der Waals surface area contributed by atoms with Crippen molar-refractivity contribution in [1.82, 2.24) is 10.2 Å². The molecule has 8 nitrogen and oxygen atoms in total. The number of sulfonamides is 1. The van der Waals surface area contributed by atoms with Crippen LogP contribution in [0.1, 0.15) is 39.2 Å². The number of nitrogens with zero attached hydrogens (tertiary/aromatic N) is 2. The molecule has 0 aliphatic carbocycles. The summed E-state index contributed by atoms with van der Waals surface area (Å²) < 4.78 is 31.6. The van der Waals surface area contributed by atoms with E-state index in [0.29, 0.717) is 24.6 Å². The minimum atomic E-state index is -3.76. The summed E-state index contributed by atoms with van der Waals surface area (Å²) in [5.41, 5.74) is 1.19. The van der Waals surface area contributed by atoms with Crippen molar-refractivity contribution in [2.75, 3.05) is 30.3 Å². The van der Waals surface area contributed by atoms with Crippen molar-refractivity contribution in [3.8, 4) is 5.75 Å². The van der Waals surface area contributed by atoms with E-state index in [1.54, 1.807) is 31.2 Å². The lowest BCUT2D eigenvalue weighted by molar-refractivity contribution is -0.139. The zero-order valence-corrected chi connectivity index (χ0v) is 21.2. The van der Waals surface area contributed by atoms with Gasteiger partial charge in [-0.3, -0.25) is 13.9 Å². The van der Waals surface area contributed by atoms with Crippen LogP contribution in [0.15, 0.2) is 54.6 Å². The Labute approximate surface area is 202 Å². The molecule has 34 heavy (non-hydrogen) atoms. The molecule has 0 fully saturated rings. The average molecular weight is 490 g/mol. The number of nitrogens with one attached hydrogen (secondary N) is 1. The third-order valence-electron chi connectivity index (χ3n) is 5.31. The van der Waals surface area contributed by atoms with Gasteiger partial charge in [-0.25, -0.2) is 8.42 Å². The van der Waals surface area contributed by atoms with Gasteiger partial charge < -0.3 is 15.0 Å². The summed E-state index contributed by atoms with van der Waals surface area (Å²) in [6.07, 6.45) is 2.83. The van der Waals surface area contributed by atoms with E-state index < -0.39 is 28.5 Å². The summed E-state index contributed by atoms with van der Waals surface area (Å²) in [4.78, 5) is 27.6. The second kappa shape index (κ2) is 13.0. The van der Waals surface area contributed by atoms with Crippen LogP contribution in [-0.4, -0.2) is 57.1 Å². The largest absolute Gasteiger partial charge is 0.494 e. The SMILES string of the molecule is CCCCNC(=O)[C@@H](C)N(Cc1ccccc1)C(=O)CN(c1ccc(OCC)cc1)S(C)(=O)=O. The fraction of sp³-hybridized carbons (Fsp3) is 0.440. The molecular formula is C25H35N3O5S. The molecule has 0 radical (unpaired) electrons. The van der Waals surface area contributed by atoms with Crippen molar-refractivity contribution in [2.45, 2.75) is 46.2 Å². The maximum Gasteiger partial charge on any atom is 0.244 e. The molecule has 0 spiro atoms. The van der Waals surface area contributed by atoms with Crippen molar-refractivity contribution in [1.29, 1.82) is 0 Å². The predicted molar refractivity (Wildman–Crippen MR) is 134 cm³/mol. The van der Waals surface area contributed by atoms with Crippen LogP contribution in [0.3, 0.4) is 0 Å². The maximum absolute atomic E-state index is 13.4. The van der Waals surface area contributed by atoms with Crippen molar-refractivity contribution >= 4 is 27.5 Å². The van der Waals surface area contributed by atoms with Crippen molar-refractivity contribution in [3.63, 3.8) is 0 Å². The molecule has 0 aliphatic heterocycles. The summed E-state index contributed by atoms with van der Waals surface area (Å²) in [5, 5.41) is 2.86. The Bertz CT molecular complexity index is 1030. The minimum Gasteiger partial charge on any atom is -0.494 e. The van der Waals surface area contributed by atoms with Crippen LogP contribution in [-0.2, 0) is 26.2 Å². The number of carbonyl (C=O) groups is 2. The molecule has 0 heterocycles. The first kappa shape index (κ1) is 27.2. The van der Waals surface area contributed by atoms with E-state index >= 15 is 0 Å². The Morgan fingerprint density at radius 3 is 2.24 bits per heavy atom. The molecule has 186 valence electrons. The lowest BCUT2D eigenvalue weighted by Gasteiger charge is -2.31. The summed E-state index contributed by atoms with van der Waals surface area (Å²) >= 11 is 0. The molecule has 1 N–H and O–H groups in total. The Hall–Kier alpha value is -3.07. The summed E-state index contributed by atoms with van der Waals surface area (Å²) in [5.74, 6) is -0.139. The third-order valence-corrected chi connectivity index (χ3v) is 6.45. The first-order valence-electron chi connectivity index (χ1n) is 11.5. The number of anilines is 1. The highest BCUT2D eigenvalue weighted by Gasteiger charge is 2.30. The Kier molecular flexibility index (Phi) is 10.4. The molecule has 0 saturated carbocycles. The summed E-state index contributed by atoms with van der Waals surface area (Å²) in [7, 11) is -3.76. The van der Waals surface area contributed by atoms with E-state index in [4.69, 9.17) is 4.74 Å². The number of rotatable bonds is 13. The molecule has 2 rings (SSSR count). The maximum atomic E-state index is 13.4. The van der Waals surface area contributed by atoms with Gasteiger partial charge in [-0.1, -0.05) is 43.7 Å². The topological polar surface area (TPSA) is 96.0 Å². The highest BCUT2D eigenvalue weighted by Crippen LogP contribution is 2.22. The standard InChI is InChI=1S/C25H35N3O5S/c1-5-7-17-26-25(30)20(3)27(18-21-11-9-8-10-12-21)24(29)19-28(34(4,31)32)22-13-15-23(16-14-22)33-6-2/h8-16,20H,5-7,17-19H2,1-4H3,(H,26,30)/t20-/m1/s1. The van der Waals surface area contributed by atoms with E-state index in [2.05, 4.69) is 5.32 Å². The van der Waals surface area contributed by atoms with Gasteiger partial charge in [-0.05, 0) is 50.1 Å². The zero-order chi connectivity index (χ0) is 25.1. The first-order valence-corrected chi connectivity index (χ1v) is 13.3. The third kappa shape index (κ3) is 8.06. The second-order valence-corrected chi connectivity index (χ2v) is 9.93. The molecule has 0 saturated heterocycles. The molecule has 1 atom stereocenters. The molecule has 0 bridgehead atoms. The fourth-order valence-electron chi connectivity index (χ4n) is 3.39. The number of carbonyl (C=O) groups excluding carboxylic acids is 2. The second-order valence-electron chi connectivity index (χ2n) is 8.02. The molecular weight excluding hydrogens is 454 g/mol. The Balaban J connectivity index is 2.30. The van der Waals surface area contributed by atoms with E-state index in [-0.39, 0.29) is 12.5 Å². The van der Waals surface area contributed by atoms with Crippen LogP contribution >= 0.6 is 0 Å². The van der Waals surface area contributed by atoms with Crippen LogP contribution < -0.4 is 14.4 Å². The summed E-state index contributed by atoms with van der Waals surface area (Å²) in [6, 6.07) is 15.0. The van der Waals surface area contributed by atoms with Gasteiger partial charge in [0.1, 0.15) is 18.3 Å². The van der Waals surface area contributed by atoms with Crippen molar-refractivity contribution in [2.24, 2.45) is 0 Å². The van der Waals surface area contributed by atoms with E-state index in [1.807, 2.05) is 44.2 Å². The normalized spacial score (nSPS) is 12.0. The predicted octanol–water partition coefficient (Wildman–Crippen LogP) is 3.18. The number of hydrogen-bond donors (Lipinski definition) is 1. The zero-order valence-electron chi connectivity index (χ0n) is 20.4. The smallest absolute Gasteiger partial charge is 0.244 e. The van der Waals surface area contributed by atoms with Gasteiger partial charge in [0.15, 0.2) is 0 Å². The Morgan fingerprint density at radius 1 is 1.03 bits per heavy atom. The quantitative estimate of drug-likeness (QED) is 0.436. The molecule has 9 heteroatoms. The Morgan fingerprint density at radius 2 is 1.68 bits per heavy atom. The van der Waals surface area contributed by atoms with Crippen LogP contribution in [0.5, 0.6) is 5.75 Å². The molecule has 2 aromatic carbocycles. The van der Waals surface area contributed by atoms with E-state index in [0.717, 1.165) is 29.0 Å². The van der Waals surface area contributed by atoms with E-state index in [1.165, 1.54) is 4.90 Å².